The molecule has 0 aromatic carbocycles. The van der Waals surface area contributed by atoms with E-state index in [4.69, 9.17) is 4.74 Å². The van der Waals surface area contributed by atoms with Crippen molar-refractivity contribution in [1.82, 2.24) is 19.4 Å². The maximum absolute atomic E-state index is 12.4. The first kappa shape index (κ1) is 16.7. The molecule has 1 aromatic rings. The number of rotatable bonds is 1. The minimum atomic E-state index is -0.512. The summed E-state index contributed by atoms with van der Waals surface area (Å²) in [6.45, 7) is 9.51. The standard InChI is InChI=1S/C14H22N4O3S/c1-10-11(15-16-22-10)12(19)17-6-5-7-18(9-8-17)13(20)21-14(2,3)4/h5-9H2,1-4H3. The van der Waals surface area contributed by atoms with Gasteiger partial charge in [0.25, 0.3) is 5.91 Å². The van der Waals surface area contributed by atoms with Crippen molar-refractivity contribution in [2.45, 2.75) is 39.7 Å². The van der Waals surface area contributed by atoms with Crippen LogP contribution < -0.4 is 0 Å². The first-order valence-electron chi connectivity index (χ1n) is 7.34. The van der Waals surface area contributed by atoms with E-state index < -0.39 is 5.60 Å². The maximum atomic E-state index is 12.4. The quantitative estimate of drug-likeness (QED) is 0.788. The zero-order valence-electron chi connectivity index (χ0n) is 13.5. The highest BCUT2D eigenvalue weighted by Gasteiger charge is 2.27. The Labute approximate surface area is 134 Å². The highest BCUT2D eigenvalue weighted by molar-refractivity contribution is 7.05. The highest BCUT2D eigenvalue weighted by atomic mass is 32.1. The number of hydrogen-bond acceptors (Lipinski definition) is 6. The van der Waals surface area contributed by atoms with Crippen molar-refractivity contribution in [2.24, 2.45) is 0 Å². The minimum absolute atomic E-state index is 0.114. The van der Waals surface area contributed by atoms with Crippen LogP contribution in [0.5, 0.6) is 0 Å². The topological polar surface area (TPSA) is 75.6 Å². The second kappa shape index (κ2) is 6.60. The Hall–Kier alpha value is -1.70. The number of carbonyl (C=O) groups is 2. The molecule has 1 aliphatic rings. The lowest BCUT2D eigenvalue weighted by molar-refractivity contribution is 0.0255. The molecule has 0 unspecified atom stereocenters. The maximum Gasteiger partial charge on any atom is 0.410 e. The van der Waals surface area contributed by atoms with Gasteiger partial charge in [0.2, 0.25) is 0 Å². The van der Waals surface area contributed by atoms with E-state index in [2.05, 4.69) is 9.59 Å². The lowest BCUT2D eigenvalue weighted by Gasteiger charge is -2.26. The summed E-state index contributed by atoms with van der Waals surface area (Å²) in [4.78, 5) is 28.7. The van der Waals surface area contributed by atoms with Gasteiger partial charge in [0.15, 0.2) is 5.69 Å². The van der Waals surface area contributed by atoms with Gasteiger partial charge in [0.05, 0.1) is 4.88 Å². The smallest absolute Gasteiger partial charge is 0.410 e. The van der Waals surface area contributed by atoms with Crippen molar-refractivity contribution in [2.75, 3.05) is 26.2 Å². The summed E-state index contributed by atoms with van der Waals surface area (Å²) in [5, 5.41) is 3.90. The molecule has 0 radical (unpaired) electrons. The molecule has 0 aliphatic carbocycles. The summed E-state index contributed by atoms with van der Waals surface area (Å²) >= 11 is 1.22. The number of hydrogen-bond donors (Lipinski definition) is 0. The third-order valence-corrected chi connectivity index (χ3v) is 3.92. The van der Waals surface area contributed by atoms with Crippen molar-refractivity contribution >= 4 is 23.5 Å². The average Bonchev–Trinajstić information content (AvgIpc) is 2.70. The summed E-state index contributed by atoms with van der Waals surface area (Å²) in [7, 11) is 0. The van der Waals surface area contributed by atoms with Gasteiger partial charge in [-0.1, -0.05) is 4.49 Å². The SMILES string of the molecule is Cc1snnc1C(=O)N1CCCN(C(=O)OC(C)(C)C)CC1. The number of ether oxygens (including phenoxy) is 1. The van der Waals surface area contributed by atoms with Gasteiger partial charge in [0.1, 0.15) is 5.60 Å². The Morgan fingerprint density at radius 2 is 1.77 bits per heavy atom. The van der Waals surface area contributed by atoms with Crippen LogP contribution >= 0.6 is 11.5 Å². The monoisotopic (exact) mass is 326 g/mol. The third kappa shape index (κ3) is 4.16. The Balaban J connectivity index is 1.97. The van der Waals surface area contributed by atoms with Crippen LogP contribution in [0.15, 0.2) is 0 Å². The normalized spacial score (nSPS) is 16.4. The molecule has 0 spiro atoms. The molecule has 2 heterocycles. The van der Waals surface area contributed by atoms with Gasteiger partial charge in [-0.15, -0.1) is 5.10 Å². The summed E-state index contributed by atoms with van der Waals surface area (Å²) in [6, 6.07) is 0. The molecular weight excluding hydrogens is 304 g/mol. The number of nitrogens with zero attached hydrogens (tertiary/aromatic N) is 4. The molecule has 0 bridgehead atoms. The number of aromatic nitrogens is 2. The first-order chi connectivity index (χ1) is 10.3. The second-order valence-corrected chi connectivity index (χ2v) is 7.25. The highest BCUT2D eigenvalue weighted by Crippen LogP contribution is 2.15. The van der Waals surface area contributed by atoms with Gasteiger partial charge >= 0.3 is 6.09 Å². The largest absolute Gasteiger partial charge is 0.444 e. The Bertz CT molecular complexity index is 553. The van der Waals surface area contributed by atoms with E-state index in [0.717, 1.165) is 11.3 Å². The first-order valence-corrected chi connectivity index (χ1v) is 8.11. The second-order valence-electron chi connectivity index (χ2n) is 6.29. The van der Waals surface area contributed by atoms with Crippen molar-refractivity contribution in [3.8, 4) is 0 Å². The molecule has 1 aliphatic heterocycles. The molecule has 8 heteroatoms. The minimum Gasteiger partial charge on any atom is -0.444 e. The predicted octanol–water partition coefficient (Wildman–Crippen LogP) is 1.93. The fourth-order valence-corrected chi connectivity index (χ4v) is 2.67. The fraction of sp³-hybridized carbons (Fsp3) is 0.714. The lowest BCUT2D eigenvalue weighted by atomic mass is 10.2. The molecule has 0 N–H and O–H groups in total. The van der Waals surface area contributed by atoms with Crippen LogP contribution in [0.25, 0.3) is 0 Å². The molecule has 2 rings (SSSR count). The molecule has 122 valence electrons. The van der Waals surface area contributed by atoms with Gasteiger partial charge < -0.3 is 14.5 Å². The van der Waals surface area contributed by atoms with E-state index >= 15 is 0 Å². The Morgan fingerprint density at radius 1 is 1.14 bits per heavy atom. The zero-order chi connectivity index (χ0) is 16.3. The zero-order valence-corrected chi connectivity index (χ0v) is 14.3. The Kier molecular flexibility index (Phi) is 5.00. The van der Waals surface area contributed by atoms with E-state index in [-0.39, 0.29) is 12.0 Å². The lowest BCUT2D eigenvalue weighted by Crippen LogP contribution is -2.40. The summed E-state index contributed by atoms with van der Waals surface area (Å²) < 4.78 is 9.19. The molecule has 0 atom stereocenters. The average molecular weight is 326 g/mol. The van der Waals surface area contributed by atoms with E-state index in [1.54, 1.807) is 9.80 Å². The number of carbonyl (C=O) groups excluding carboxylic acids is 2. The Morgan fingerprint density at radius 3 is 2.36 bits per heavy atom. The van der Waals surface area contributed by atoms with Crippen LogP contribution in [0.4, 0.5) is 4.79 Å². The molecule has 2 amide bonds. The molecule has 0 saturated carbocycles. The van der Waals surface area contributed by atoms with Gasteiger partial charge in [0, 0.05) is 26.2 Å². The number of amides is 2. The number of aryl methyl sites for hydroxylation is 1. The van der Waals surface area contributed by atoms with E-state index in [0.29, 0.717) is 31.9 Å². The van der Waals surface area contributed by atoms with Crippen LogP contribution in [0, 0.1) is 6.92 Å². The van der Waals surface area contributed by atoms with Crippen molar-refractivity contribution in [3.05, 3.63) is 10.6 Å². The van der Waals surface area contributed by atoms with Gasteiger partial charge in [-0.2, -0.15) is 0 Å². The van der Waals surface area contributed by atoms with Crippen molar-refractivity contribution < 1.29 is 14.3 Å². The molecule has 7 nitrogen and oxygen atoms in total. The molecule has 1 saturated heterocycles. The van der Waals surface area contributed by atoms with E-state index in [9.17, 15) is 9.59 Å². The molecule has 1 fully saturated rings. The summed E-state index contributed by atoms with van der Waals surface area (Å²) in [5.41, 5.74) is -0.0989. The van der Waals surface area contributed by atoms with Gasteiger partial charge in [-0.05, 0) is 45.6 Å². The van der Waals surface area contributed by atoms with Crippen LogP contribution in [-0.2, 0) is 4.74 Å². The third-order valence-electron chi connectivity index (χ3n) is 3.29. The van der Waals surface area contributed by atoms with E-state index in [1.165, 1.54) is 11.5 Å². The van der Waals surface area contributed by atoms with Crippen LogP contribution in [0.2, 0.25) is 0 Å². The van der Waals surface area contributed by atoms with Crippen LogP contribution in [0.3, 0.4) is 0 Å². The van der Waals surface area contributed by atoms with Crippen LogP contribution in [-0.4, -0.2) is 63.2 Å². The predicted molar refractivity (Wildman–Crippen MR) is 83.0 cm³/mol. The van der Waals surface area contributed by atoms with Crippen molar-refractivity contribution in [3.63, 3.8) is 0 Å². The summed E-state index contributed by atoms with van der Waals surface area (Å²) in [6.07, 6.45) is 0.398. The fourth-order valence-electron chi connectivity index (χ4n) is 2.21. The summed E-state index contributed by atoms with van der Waals surface area (Å²) in [5.74, 6) is -0.114. The van der Waals surface area contributed by atoms with Crippen molar-refractivity contribution in [1.29, 1.82) is 0 Å². The van der Waals surface area contributed by atoms with Gasteiger partial charge in [-0.3, -0.25) is 4.79 Å². The van der Waals surface area contributed by atoms with E-state index in [1.807, 2.05) is 27.7 Å². The molecular formula is C14H22N4O3S. The van der Waals surface area contributed by atoms with Gasteiger partial charge in [-0.25, -0.2) is 4.79 Å². The molecule has 1 aromatic heterocycles. The van der Waals surface area contributed by atoms with Crippen LogP contribution in [0.1, 0.15) is 42.6 Å². The molecule has 22 heavy (non-hydrogen) atoms.